The Morgan fingerprint density at radius 3 is 2.25 bits per heavy atom. The molecule has 0 saturated heterocycles. The first-order valence-electron chi connectivity index (χ1n) is 7.87. The highest BCUT2D eigenvalue weighted by molar-refractivity contribution is 5.97. The van der Waals surface area contributed by atoms with Gasteiger partial charge in [-0.05, 0) is 31.0 Å². The molecule has 2 rings (SSSR count). The highest BCUT2D eigenvalue weighted by atomic mass is 19.1. The number of hydrogen-bond acceptors (Lipinski definition) is 2. The maximum absolute atomic E-state index is 13.5. The average molecular weight is 328 g/mol. The number of rotatable bonds is 6. The Morgan fingerprint density at radius 2 is 1.58 bits per heavy atom. The van der Waals surface area contributed by atoms with E-state index in [0.717, 1.165) is 5.56 Å². The maximum atomic E-state index is 13.5. The van der Waals surface area contributed by atoms with Crippen LogP contribution in [0.2, 0.25) is 0 Å². The Hall–Kier alpha value is -2.69. The third-order valence-corrected chi connectivity index (χ3v) is 3.72. The van der Waals surface area contributed by atoms with Crippen molar-refractivity contribution >= 4 is 17.5 Å². The van der Waals surface area contributed by atoms with Crippen LogP contribution >= 0.6 is 0 Å². The van der Waals surface area contributed by atoms with Crippen LogP contribution in [0, 0.1) is 11.7 Å². The first-order chi connectivity index (χ1) is 11.5. The maximum Gasteiger partial charge on any atom is 0.246 e. The lowest BCUT2D eigenvalue weighted by Crippen LogP contribution is -2.44. The van der Waals surface area contributed by atoms with Gasteiger partial charge >= 0.3 is 0 Å². The molecule has 0 heterocycles. The lowest BCUT2D eigenvalue weighted by atomic mass is 10.00. The molecule has 2 unspecified atom stereocenters. The summed E-state index contributed by atoms with van der Waals surface area (Å²) in [7, 11) is 0. The number of halogens is 1. The van der Waals surface area contributed by atoms with Crippen LogP contribution in [0.1, 0.15) is 19.4 Å². The molecule has 2 N–H and O–H groups in total. The Balaban J connectivity index is 1.88. The highest BCUT2D eigenvalue weighted by Gasteiger charge is 2.20. The van der Waals surface area contributed by atoms with Gasteiger partial charge in [-0.1, -0.05) is 49.4 Å². The zero-order valence-corrected chi connectivity index (χ0v) is 13.8. The van der Waals surface area contributed by atoms with E-state index in [-0.39, 0.29) is 17.5 Å². The lowest BCUT2D eigenvalue weighted by molar-refractivity contribution is -0.128. The highest BCUT2D eigenvalue weighted by Crippen LogP contribution is 2.13. The molecule has 0 aliphatic rings. The SMILES string of the molecule is CC(Cc1ccccc1)C(=O)NC(C)C(=O)Nc1ccccc1F. The fourth-order valence-electron chi connectivity index (χ4n) is 2.29. The molecule has 2 aromatic carbocycles. The molecule has 4 nitrogen and oxygen atoms in total. The van der Waals surface area contributed by atoms with Crippen molar-refractivity contribution in [1.29, 1.82) is 0 Å². The zero-order valence-electron chi connectivity index (χ0n) is 13.8. The van der Waals surface area contributed by atoms with Crippen molar-refractivity contribution in [2.75, 3.05) is 5.32 Å². The fraction of sp³-hybridized carbons (Fsp3) is 0.263. The van der Waals surface area contributed by atoms with E-state index < -0.39 is 17.8 Å². The van der Waals surface area contributed by atoms with Crippen molar-refractivity contribution in [2.45, 2.75) is 26.3 Å². The van der Waals surface area contributed by atoms with Crippen molar-refractivity contribution in [3.63, 3.8) is 0 Å². The second-order valence-electron chi connectivity index (χ2n) is 5.79. The molecule has 0 radical (unpaired) electrons. The molecule has 2 aromatic rings. The standard InChI is InChI=1S/C19H21FN2O2/c1-13(12-15-8-4-3-5-9-15)18(23)21-14(2)19(24)22-17-11-7-6-10-16(17)20/h3-11,13-14H,12H2,1-2H3,(H,21,23)(H,22,24). The molecule has 0 bridgehead atoms. The van der Waals surface area contributed by atoms with Crippen LogP contribution in [0.5, 0.6) is 0 Å². The normalized spacial score (nSPS) is 13.0. The number of nitrogens with one attached hydrogen (secondary N) is 2. The van der Waals surface area contributed by atoms with Crippen LogP contribution in [0.3, 0.4) is 0 Å². The summed E-state index contributed by atoms with van der Waals surface area (Å²) in [5.74, 6) is -1.45. The van der Waals surface area contributed by atoms with E-state index in [1.165, 1.54) is 12.1 Å². The molecule has 0 spiro atoms. The van der Waals surface area contributed by atoms with Crippen molar-refractivity contribution in [1.82, 2.24) is 5.32 Å². The van der Waals surface area contributed by atoms with Crippen LogP contribution in [-0.2, 0) is 16.0 Å². The van der Waals surface area contributed by atoms with E-state index in [9.17, 15) is 14.0 Å². The van der Waals surface area contributed by atoms with Crippen molar-refractivity contribution in [2.24, 2.45) is 5.92 Å². The van der Waals surface area contributed by atoms with Gasteiger partial charge < -0.3 is 10.6 Å². The van der Waals surface area contributed by atoms with Crippen LogP contribution in [0.25, 0.3) is 0 Å². The summed E-state index contributed by atoms with van der Waals surface area (Å²) in [6.07, 6.45) is 0.592. The Kier molecular flexibility index (Phi) is 6.07. The van der Waals surface area contributed by atoms with Gasteiger partial charge in [0, 0.05) is 5.92 Å². The smallest absolute Gasteiger partial charge is 0.246 e. The third kappa shape index (κ3) is 4.91. The summed E-state index contributed by atoms with van der Waals surface area (Å²) in [5, 5.41) is 5.14. The molecule has 0 aliphatic heterocycles. The van der Waals surface area contributed by atoms with E-state index >= 15 is 0 Å². The number of anilines is 1. The van der Waals surface area contributed by atoms with Gasteiger partial charge in [0.1, 0.15) is 11.9 Å². The predicted octanol–water partition coefficient (Wildman–Crippen LogP) is 3.15. The van der Waals surface area contributed by atoms with Crippen molar-refractivity contribution < 1.29 is 14.0 Å². The van der Waals surface area contributed by atoms with Crippen LogP contribution in [-0.4, -0.2) is 17.9 Å². The summed E-state index contributed by atoms with van der Waals surface area (Å²) in [6, 6.07) is 14.8. The molecule has 0 aromatic heterocycles. The van der Waals surface area contributed by atoms with Crippen molar-refractivity contribution in [3.8, 4) is 0 Å². The second-order valence-corrected chi connectivity index (χ2v) is 5.79. The zero-order chi connectivity index (χ0) is 17.5. The molecular weight excluding hydrogens is 307 g/mol. The number of hydrogen-bond donors (Lipinski definition) is 2. The Labute approximate surface area is 141 Å². The Morgan fingerprint density at radius 1 is 0.958 bits per heavy atom. The Bertz CT molecular complexity index is 704. The van der Waals surface area contributed by atoms with E-state index in [4.69, 9.17) is 0 Å². The molecule has 0 saturated carbocycles. The first-order valence-corrected chi connectivity index (χ1v) is 7.87. The minimum Gasteiger partial charge on any atom is -0.344 e. The number of carbonyl (C=O) groups is 2. The minimum atomic E-state index is -0.754. The van der Waals surface area contributed by atoms with Gasteiger partial charge in [0.15, 0.2) is 0 Å². The van der Waals surface area contributed by atoms with E-state index in [2.05, 4.69) is 10.6 Å². The molecule has 5 heteroatoms. The van der Waals surface area contributed by atoms with Gasteiger partial charge in [0.2, 0.25) is 11.8 Å². The van der Waals surface area contributed by atoms with E-state index in [1.807, 2.05) is 37.3 Å². The molecular formula is C19H21FN2O2. The minimum absolute atomic E-state index is 0.0981. The third-order valence-electron chi connectivity index (χ3n) is 3.72. The largest absolute Gasteiger partial charge is 0.344 e. The molecule has 0 aliphatic carbocycles. The lowest BCUT2D eigenvalue weighted by Gasteiger charge is -2.17. The topological polar surface area (TPSA) is 58.2 Å². The molecule has 24 heavy (non-hydrogen) atoms. The van der Waals surface area contributed by atoms with Crippen LogP contribution in [0.4, 0.5) is 10.1 Å². The molecule has 2 atom stereocenters. The summed E-state index contributed by atoms with van der Waals surface area (Å²) in [5.41, 5.74) is 1.16. The summed E-state index contributed by atoms with van der Waals surface area (Å²) in [6.45, 7) is 3.38. The molecule has 2 amide bonds. The van der Waals surface area contributed by atoms with Gasteiger partial charge in [-0.15, -0.1) is 0 Å². The second kappa shape index (κ2) is 8.24. The van der Waals surface area contributed by atoms with Gasteiger partial charge in [0.05, 0.1) is 5.69 Å². The fourth-order valence-corrected chi connectivity index (χ4v) is 2.29. The first kappa shape index (κ1) is 17.7. The van der Waals surface area contributed by atoms with E-state index in [1.54, 1.807) is 19.1 Å². The number of para-hydroxylation sites is 1. The summed E-state index contributed by atoms with van der Waals surface area (Å²) >= 11 is 0. The quantitative estimate of drug-likeness (QED) is 0.856. The summed E-state index contributed by atoms with van der Waals surface area (Å²) < 4.78 is 13.5. The number of carbonyl (C=O) groups excluding carboxylic acids is 2. The molecule has 0 fully saturated rings. The monoisotopic (exact) mass is 328 g/mol. The summed E-state index contributed by atoms with van der Waals surface area (Å²) in [4.78, 5) is 24.3. The average Bonchev–Trinajstić information content (AvgIpc) is 2.57. The van der Waals surface area contributed by atoms with Crippen LogP contribution in [0.15, 0.2) is 54.6 Å². The van der Waals surface area contributed by atoms with Crippen molar-refractivity contribution in [3.05, 3.63) is 66.0 Å². The molecule has 126 valence electrons. The number of amides is 2. The predicted molar refractivity (Wildman–Crippen MR) is 91.9 cm³/mol. The van der Waals surface area contributed by atoms with Gasteiger partial charge in [-0.25, -0.2) is 4.39 Å². The van der Waals surface area contributed by atoms with Gasteiger partial charge in [-0.3, -0.25) is 9.59 Å². The van der Waals surface area contributed by atoms with E-state index in [0.29, 0.717) is 6.42 Å². The van der Waals surface area contributed by atoms with Gasteiger partial charge in [-0.2, -0.15) is 0 Å². The van der Waals surface area contributed by atoms with Gasteiger partial charge in [0.25, 0.3) is 0 Å². The van der Waals surface area contributed by atoms with Crippen LogP contribution < -0.4 is 10.6 Å². The number of benzene rings is 2.